The molecule has 7 heteroatoms. The van der Waals surface area contributed by atoms with Gasteiger partial charge in [-0.1, -0.05) is 23.3 Å². The Balaban J connectivity index is 1.42. The molecule has 0 saturated carbocycles. The van der Waals surface area contributed by atoms with Gasteiger partial charge in [0.1, 0.15) is 0 Å². The molecule has 1 amide bonds. The van der Waals surface area contributed by atoms with Crippen LogP contribution in [0.2, 0.25) is 0 Å². The summed E-state index contributed by atoms with van der Waals surface area (Å²) in [6.07, 6.45) is 5.49. The number of H-pyrrole nitrogens is 1. The van der Waals surface area contributed by atoms with Crippen molar-refractivity contribution < 1.29 is 4.79 Å². The first-order chi connectivity index (χ1) is 20.6. The third-order valence-electron chi connectivity index (χ3n) is 9.07. The molecule has 1 saturated heterocycles. The lowest BCUT2D eigenvalue weighted by Gasteiger charge is -2.31. The number of likely N-dealkylation sites (N-methyl/N-ethyl adjacent to an activating group) is 1. The Hall–Kier alpha value is -4.13. The molecule has 3 heterocycles. The molecule has 226 valence electrons. The van der Waals surface area contributed by atoms with E-state index < -0.39 is 5.41 Å². The van der Waals surface area contributed by atoms with E-state index in [1.807, 2.05) is 45.0 Å². The summed E-state index contributed by atoms with van der Waals surface area (Å²) in [7, 11) is 0. The monoisotopic (exact) mass is 578 g/mol. The van der Waals surface area contributed by atoms with E-state index in [0.717, 1.165) is 48.1 Å². The number of aromatic amines is 1. The van der Waals surface area contributed by atoms with Crippen LogP contribution >= 0.6 is 0 Å². The van der Waals surface area contributed by atoms with E-state index in [1.54, 1.807) is 0 Å². The van der Waals surface area contributed by atoms with Crippen LogP contribution in [0.1, 0.15) is 67.9 Å². The normalized spacial score (nSPS) is 15.2. The first-order valence-corrected chi connectivity index (χ1v) is 15.6. The van der Waals surface area contributed by atoms with Crippen LogP contribution in [0.25, 0.3) is 22.2 Å². The maximum absolute atomic E-state index is 13.5. The largest absolute Gasteiger partial charge is 0.356 e. The van der Waals surface area contributed by atoms with Crippen LogP contribution < -0.4 is 5.32 Å². The molecule has 1 aliphatic rings. The summed E-state index contributed by atoms with van der Waals surface area (Å²) in [6, 6.07) is 17.3. The molecule has 5 rings (SSSR count). The van der Waals surface area contributed by atoms with Gasteiger partial charge >= 0.3 is 0 Å². The topological polar surface area (TPSA) is 88.1 Å². The summed E-state index contributed by atoms with van der Waals surface area (Å²) in [4.78, 5) is 25.4. The molecular weight excluding hydrogens is 532 g/mol. The number of benzene rings is 2. The molecule has 0 bridgehead atoms. The van der Waals surface area contributed by atoms with Gasteiger partial charge in [-0.05, 0) is 113 Å². The van der Waals surface area contributed by atoms with E-state index in [9.17, 15) is 4.79 Å². The molecule has 1 aliphatic heterocycles. The number of guanidine groups is 1. The molecule has 0 spiro atoms. The number of nitrogens with zero attached hydrogens (tertiary/aromatic N) is 3. The van der Waals surface area contributed by atoms with Crippen molar-refractivity contribution in [2.24, 2.45) is 0 Å². The number of likely N-dealkylation sites (tertiary alicyclic amines) is 1. The minimum Gasteiger partial charge on any atom is -0.356 e. The Labute approximate surface area is 256 Å². The number of carbonyl (C=O) groups is 1. The van der Waals surface area contributed by atoms with E-state index in [4.69, 9.17) is 5.41 Å². The molecule has 7 nitrogen and oxygen atoms in total. The molecule has 1 atom stereocenters. The van der Waals surface area contributed by atoms with Gasteiger partial charge in [-0.25, -0.2) is 0 Å². The SMILES string of the molecule is CCN(CC)C(=O)C(C)(C)c1ccc2[nH]c(-c3cc(C)cc(C)c3)c(CCNC(=N)N3CCC(c4ccncc4)C3)c2c1. The fourth-order valence-corrected chi connectivity index (χ4v) is 6.58. The summed E-state index contributed by atoms with van der Waals surface area (Å²) in [6.45, 7) is 16.2. The average molecular weight is 579 g/mol. The molecule has 4 aromatic rings. The molecule has 0 aliphatic carbocycles. The van der Waals surface area contributed by atoms with E-state index >= 15 is 0 Å². The van der Waals surface area contributed by atoms with Crippen molar-refractivity contribution in [3.05, 3.63) is 88.7 Å². The number of hydrogen-bond acceptors (Lipinski definition) is 3. The Bertz CT molecular complexity index is 1580. The Morgan fingerprint density at radius 2 is 1.77 bits per heavy atom. The van der Waals surface area contributed by atoms with Gasteiger partial charge in [0, 0.05) is 67.6 Å². The van der Waals surface area contributed by atoms with Gasteiger partial charge in [0.15, 0.2) is 5.96 Å². The molecule has 0 radical (unpaired) electrons. The smallest absolute Gasteiger partial charge is 0.232 e. The first kappa shape index (κ1) is 30.3. The Morgan fingerprint density at radius 1 is 1.07 bits per heavy atom. The first-order valence-electron chi connectivity index (χ1n) is 15.6. The Kier molecular flexibility index (Phi) is 8.90. The zero-order chi connectivity index (χ0) is 30.7. The van der Waals surface area contributed by atoms with Crippen LogP contribution in [-0.4, -0.2) is 64.4 Å². The molecule has 2 aromatic carbocycles. The van der Waals surface area contributed by atoms with Gasteiger partial charge < -0.3 is 20.1 Å². The average Bonchev–Trinajstić information content (AvgIpc) is 3.63. The van der Waals surface area contributed by atoms with E-state index in [2.05, 4.69) is 82.6 Å². The van der Waals surface area contributed by atoms with Crippen molar-refractivity contribution in [3.63, 3.8) is 0 Å². The van der Waals surface area contributed by atoms with E-state index in [0.29, 0.717) is 31.5 Å². The standard InChI is InChI=1S/C36H46N6O/c1-7-41(8-2)34(43)36(5,6)29-9-10-32-31(22-29)30(33(40-32)28-20-24(3)19-25(4)21-28)13-17-39-35(37)42-18-14-27(23-42)26-11-15-38-16-12-26/h9-12,15-16,19-22,27,40H,7-8,13-14,17-18,23H2,1-6H3,(H2,37,39). The van der Waals surface area contributed by atoms with Crippen molar-refractivity contribution in [1.82, 2.24) is 25.1 Å². The van der Waals surface area contributed by atoms with Gasteiger partial charge in [0.05, 0.1) is 5.41 Å². The van der Waals surface area contributed by atoms with E-state index in [-0.39, 0.29) is 5.91 Å². The summed E-state index contributed by atoms with van der Waals surface area (Å²) >= 11 is 0. The van der Waals surface area contributed by atoms with E-state index in [1.165, 1.54) is 27.8 Å². The number of nitrogens with one attached hydrogen (secondary N) is 3. The minimum absolute atomic E-state index is 0.147. The van der Waals surface area contributed by atoms with Gasteiger partial charge in [-0.3, -0.25) is 15.2 Å². The lowest BCUT2D eigenvalue weighted by molar-refractivity contribution is -0.135. The number of aryl methyl sites for hydroxylation is 2. The number of aromatic nitrogens is 2. The summed E-state index contributed by atoms with van der Waals surface area (Å²) in [5, 5.41) is 13.4. The van der Waals surface area contributed by atoms with Gasteiger partial charge in [-0.15, -0.1) is 0 Å². The second kappa shape index (κ2) is 12.6. The predicted octanol–water partition coefficient (Wildman–Crippen LogP) is 6.55. The van der Waals surface area contributed by atoms with Crippen molar-refractivity contribution in [2.75, 3.05) is 32.7 Å². The molecule has 1 unspecified atom stereocenters. The van der Waals surface area contributed by atoms with Crippen LogP contribution in [0, 0.1) is 19.3 Å². The van der Waals surface area contributed by atoms with Gasteiger partial charge in [0.2, 0.25) is 5.91 Å². The second-order valence-electron chi connectivity index (χ2n) is 12.5. The van der Waals surface area contributed by atoms with Crippen LogP contribution in [-0.2, 0) is 16.6 Å². The van der Waals surface area contributed by atoms with Crippen molar-refractivity contribution >= 4 is 22.8 Å². The third kappa shape index (κ3) is 6.31. The maximum atomic E-state index is 13.5. The fraction of sp³-hybridized carbons (Fsp3) is 0.417. The number of carbonyl (C=O) groups excluding carboxylic acids is 1. The molecule has 3 N–H and O–H groups in total. The number of fused-ring (bicyclic) bond motifs is 1. The summed E-state index contributed by atoms with van der Waals surface area (Å²) in [5.74, 6) is 1.06. The summed E-state index contributed by atoms with van der Waals surface area (Å²) < 4.78 is 0. The molecule has 1 fully saturated rings. The maximum Gasteiger partial charge on any atom is 0.232 e. The number of rotatable bonds is 9. The van der Waals surface area contributed by atoms with Crippen LogP contribution in [0.15, 0.2) is 60.9 Å². The lowest BCUT2D eigenvalue weighted by atomic mass is 9.82. The van der Waals surface area contributed by atoms with Crippen molar-refractivity contribution in [3.8, 4) is 11.3 Å². The highest BCUT2D eigenvalue weighted by Crippen LogP contribution is 2.35. The third-order valence-corrected chi connectivity index (χ3v) is 9.07. The zero-order valence-electron chi connectivity index (χ0n) is 26.6. The van der Waals surface area contributed by atoms with Crippen LogP contribution in [0.4, 0.5) is 0 Å². The van der Waals surface area contributed by atoms with Gasteiger partial charge in [-0.2, -0.15) is 0 Å². The number of amides is 1. The number of hydrogen-bond donors (Lipinski definition) is 3. The van der Waals surface area contributed by atoms with Crippen LogP contribution in [0.3, 0.4) is 0 Å². The van der Waals surface area contributed by atoms with Crippen molar-refractivity contribution in [1.29, 1.82) is 5.41 Å². The second-order valence-corrected chi connectivity index (χ2v) is 12.5. The van der Waals surface area contributed by atoms with Gasteiger partial charge in [0.25, 0.3) is 0 Å². The molecule has 2 aromatic heterocycles. The van der Waals surface area contributed by atoms with Crippen molar-refractivity contribution in [2.45, 2.75) is 65.7 Å². The Morgan fingerprint density at radius 3 is 2.44 bits per heavy atom. The predicted molar refractivity (Wildman–Crippen MR) is 177 cm³/mol. The lowest BCUT2D eigenvalue weighted by Crippen LogP contribution is -2.43. The highest BCUT2D eigenvalue weighted by Gasteiger charge is 2.33. The quantitative estimate of drug-likeness (QED) is 0.155. The highest BCUT2D eigenvalue weighted by molar-refractivity contribution is 5.94. The fourth-order valence-electron chi connectivity index (χ4n) is 6.58. The zero-order valence-corrected chi connectivity index (χ0v) is 26.6. The molecule has 43 heavy (non-hydrogen) atoms. The summed E-state index contributed by atoms with van der Waals surface area (Å²) in [5.41, 5.74) is 8.67. The number of pyridine rings is 1. The highest BCUT2D eigenvalue weighted by atomic mass is 16.2. The minimum atomic E-state index is -0.643. The van der Waals surface area contributed by atoms with Crippen LogP contribution in [0.5, 0.6) is 0 Å². The molecular formula is C36H46N6O.